The van der Waals surface area contributed by atoms with E-state index in [2.05, 4.69) is 5.32 Å². The lowest BCUT2D eigenvalue weighted by atomic mass is 10.1. The Morgan fingerprint density at radius 2 is 1.48 bits per heavy atom. The summed E-state index contributed by atoms with van der Waals surface area (Å²) in [5.41, 5.74) is 1.70. The molecule has 0 radical (unpaired) electrons. The summed E-state index contributed by atoms with van der Waals surface area (Å²) < 4.78 is 2.00. The molecule has 132 valence electrons. The maximum atomic E-state index is 12.7. The van der Waals surface area contributed by atoms with E-state index in [-0.39, 0.29) is 18.0 Å². The monoisotopic (exact) mass is 340 g/mol. The fraction of sp³-hybridized carbons (Fsp3) is 0.368. The molecule has 0 spiro atoms. The van der Waals surface area contributed by atoms with Crippen LogP contribution in [0, 0.1) is 0 Å². The van der Waals surface area contributed by atoms with Gasteiger partial charge in [-0.2, -0.15) is 0 Å². The Hall–Kier alpha value is -2.76. The van der Waals surface area contributed by atoms with Crippen molar-refractivity contribution in [3.8, 4) is 5.69 Å². The number of nitrogens with one attached hydrogen (secondary N) is 1. The van der Waals surface area contributed by atoms with Crippen molar-refractivity contribution in [3.63, 3.8) is 0 Å². The third-order valence-electron chi connectivity index (χ3n) is 4.28. The second-order valence-corrected chi connectivity index (χ2v) is 6.52. The predicted octanol–water partition coefficient (Wildman–Crippen LogP) is 2.35. The fourth-order valence-corrected chi connectivity index (χ4v) is 2.92. The second kappa shape index (κ2) is 7.42. The highest BCUT2D eigenvalue weighted by atomic mass is 16.2. The van der Waals surface area contributed by atoms with Crippen LogP contribution >= 0.6 is 0 Å². The van der Waals surface area contributed by atoms with E-state index in [4.69, 9.17) is 0 Å². The number of urea groups is 1. The van der Waals surface area contributed by atoms with E-state index in [1.165, 1.54) is 0 Å². The van der Waals surface area contributed by atoms with Gasteiger partial charge in [-0.15, -0.1) is 0 Å². The smallest absolute Gasteiger partial charge is 0.317 e. The zero-order valence-electron chi connectivity index (χ0n) is 14.7. The Bertz CT molecular complexity index is 714. The van der Waals surface area contributed by atoms with Gasteiger partial charge < -0.3 is 19.7 Å². The van der Waals surface area contributed by atoms with Gasteiger partial charge in [0.15, 0.2) is 0 Å². The first kappa shape index (κ1) is 17.1. The number of hydrogen-bond donors (Lipinski definition) is 1. The molecule has 1 aromatic heterocycles. The predicted molar refractivity (Wildman–Crippen MR) is 96.9 cm³/mol. The Morgan fingerprint density at radius 1 is 0.920 bits per heavy atom. The van der Waals surface area contributed by atoms with E-state index in [1.54, 1.807) is 4.90 Å². The fourth-order valence-electron chi connectivity index (χ4n) is 2.92. The number of carbonyl (C=O) groups excluding carboxylic acids is 2. The molecule has 1 saturated heterocycles. The number of piperazine rings is 1. The Kier molecular flexibility index (Phi) is 5.07. The zero-order chi connectivity index (χ0) is 17.8. The Balaban J connectivity index is 1.58. The molecule has 6 nitrogen and oxygen atoms in total. The summed E-state index contributed by atoms with van der Waals surface area (Å²) in [6, 6.07) is 11.6. The van der Waals surface area contributed by atoms with Crippen LogP contribution in [0.4, 0.5) is 4.79 Å². The summed E-state index contributed by atoms with van der Waals surface area (Å²) in [5, 5.41) is 2.89. The van der Waals surface area contributed by atoms with Crippen LogP contribution < -0.4 is 5.32 Å². The first-order valence-corrected chi connectivity index (χ1v) is 8.63. The van der Waals surface area contributed by atoms with Crippen molar-refractivity contribution in [1.29, 1.82) is 0 Å². The van der Waals surface area contributed by atoms with E-state index in [0.29, 0.717) is 31.7 Å². The third kappa shape index (κ3) is 4.02. The molecule has 2 aromatic rings. The summed E-state index contributed by atoms with van der Waals surface area (Å²) in [7, 11) is 0. The van der Waals surface area contributed by atoms with E-state index in [0.717, 1.165) is 5.69 Å². The van der Waals surface area contributed by atoms with Crippen molar-refractivity contribution in [1.82, 2.24) is 19.7 Å². The SMILES string of the molecule is CC(C)NC(=O)N1CCN(C(=O)c2ccc(-n3cccc3)cc2)CC1. The molecule has 0 saturated carbocycles. The highest BCUT2D eigenvalue weighted by molar-refractivity contribution is 5.94. The lowest BCUT2D eigenvalue weighted by Crippen LogP contribution is -2.54. The number of rotatable bonds is 3. The number of nitrogens with zero attached hydrogens (tertiary/aromatic N) is 3. The zero-order valence-corrected chi connectivity index (χ0v) is 14.7. The minimum Gasteiger partial charge on any atom is -0.336 e. The molecule has 0 bridgehead atoms. The van der Waals surface area contributed by atoms with Crippen LogP contribution in [0.2, 0.25) is 0 Å². The molecule has 0 aliphatic carbocycles. The summed E-state index contributed by atoms with van der Waals surface area (Å²) in [4.78, 5) is 28.2. The van der Waals surface area contributed by atoms with Crippen LogP contribution in [0.25, 0.3) is 5.69 Å². The average Bonchev–Trinajstić information content (AvgIpc) is 3.15. The lowest BCUT2D eigenvalue weighted by Gasteiger charge is -2.35. The van der Waals surface area contributed by atoms with Crippen molar-refractivity contribution >= 4 is 11.9 Å². The van der Waals surface area contributed by atoms with Crippen LogP contribution in [-0.2, 0) is 0 Å². The number of amides is 3. The Morgan fingerprint density at radius 3 is 2.04 bits per heavy atom. The molecule has 25 heavy (non-hydrogen) atoms. The highest BCUT2D eigenvalue weighted by Gasteiger charge is 2.25. The van der Waals surface area contributed by atoms with Crippen LogP contribution in [0.1, 0.15) is 24.2 Å². The van der Waals surface area contributed by atoms with Crippen molar-refractivity contribution in [2.75, 3.05) is 26.2 Å². The van der Waals surface area contributed by atoms with Crippen LogP contribution in [0.15, 0.2) is 48.8 Å². The maximum absolute atomic E-state index is 12.7. The number of carbonyl (C=O) groups is 2. The largest absolute Gasteiger partial charge is 0.336 e. The summed E-state index contributed by atoms with van der Waals surface area (Å²) in [6.07, 6.45) is 3.94. The molecule has 3 amide bonds. The molecule has 3 rings (SSSR count). The van der Waals surface area contributed by atoms with Gasteiger partial charge in [0.2, 0.25) is 0 Å². The van der Waals surface area contributed by atoms with Crippen LogP contribution in [-0.4, -0.2) is 58.5 Å². The topological polar surface area (TPSA) is 57.6 Å². The molecule has 1 aromatic carbocycles. The molecule has 1 aliphatic heterocycles. The minimum absolute atomic E-state index is 0.0166. The Labute approximate surface area is 148 Å². The first-order valence-electron chi connectivity index (χ1n) is 8.63. The van der Waals surface area contributed by atoms with Gasteiger partial charge in [0.1, 0.15) is 0 Å². The van der Waals surface area contributed by atoms with Gasteiger partial charge >= 0.3 is 6.03 Å². The van der Waals surface area contributed by atoms with Crippen LogP contribution in [0.3, 0.4) is 0 Å². The molecule has 0 unspecified atom stereocenters. The molecule has 6 heteroatoms. The van der Waals surface area contributed by atoms with Gasteiger partial charge in [0, 0.05) is 55.9 Å². The molecule has 2 heterocycles. The van der Waals surface area contributed by atoms with Gasteiger partial charge in [-0.05, 0) is 50.2 Å². The second-order valence-electron chi connectivity index (χ2n) is 6.52. The van der Waals surface area contributed by atoms with E-state index >= 15 is 0 Å². The summed E-state index contributed by atoms with van der Waals surface area (Å²) >= 11 is 0. The third-order valence-corrected chi connectivity index (χ3v) is 4.28. The lowest BCUT2D eigenvalue weighted by molar-refractivity contribution is 0.0664. The van der Waals surface area contributed by atoms with Gasteiger partial charge in [-0.3, -0.25) is 4.79 Å². The maximum Gasteiger partial charge on any atom is 0.317 e. The minimum atomic E-state index is -0.0572. The van der Waals surface area contributed by atoms with Crippen molar-refractivity contribution in [2.45, 2.75) is 19.9 Å². The average molecular weight is 340 g/mol. The number of hydrogen-bond acceptors (Lipinski definition) is 2. The van der Waals surface area contributed by atoms with Gasteiger partial charge in [-0.1, -0.05) is 0 Å². The quantitative estimate of drug-likeness (QED) is 0.932. The van der Waals surface area contributed by atoms with Gasteiger partial charge in [-0.25, -0.2) is 4.79 Å². The molecule has 1 fully saturated rings. The van der Waals surface area contributed by atoms with E-state index in [9.17, 15) is 9.59 Å². The van der Waals surface area contributed by atoms with E-state index < -0.39 is 0 Å². The molecular weight excluding hydrogens is 316 g/mol. The van der Waals surface area contributed by atoms with Gasteiger partial charge in [0.05, 0.1) is 0 Å². The van der Waals surface area contributed by atoms with Crippen molar-refractivity contribution in [3.05, 3.63) is 54.4 Å². The summed E-state index contributed by atoms with van der Waals surface area (Å²) in [6.45, 7) is 6.12. The molecule has 1 aliphatic rings. The highest BCUT2D eigenvalue weighted by Crippen LogP contribution is 2.13. The summed E-state index contributed by atoms with van der Waals surface area (Å²) in [5.74, 6) is 0.0166. The number of aromatic nitrogens is 1. The molecule has 0 atom stereocenters. The van der Waals surface area contributed by atoms with Crippen molar-refractivity contribution in [2.24, 2.45) is 0 Å². The molecule has 1 N–H and O–H groups in total. The standard InChI is InChI=1S/C19H24N4O2/c1-15(2)20-19(25)23-13-11-22(12-14-23)18(24)16-5-7-17(8-6-16)21-9-3-4-10-21/h3-10,15H,11-14H2,1-2H3,(H,20,25). The van der Waals surface area contributed by atoms with Gasteiger partial charge in [0.25, 0.3) is 5.91 Å². The van der Waals surface area contributed by atoms with Crippen molar-refractivity contribution < 1.29 is 9.59 Å². The number of benzene rings is 1. The first-order chi connectivity index (χ1) is 12.0. The normalized spacial score (nSPS) is 14.7. The van der Waals surface area contributed by atoms with E-state index in [1.807, 2.05) is 72.1 Å². The van der Waals surface area contributed by atoms with Crippen LogP contribution in [0.5, 0.6) is 0 Å². The molecular formula is C19H24N4O2.